The summed E-state index contributed by atoms with van der Waals surface area (Å²) in [7, 11) is 0. The number of alkyl halides is 3. The molecule has 11 heteroatoms. The maximum Gasteiger partial charge on any atom is 0.471 e. The fraction of sp³-hybridized carbons (Fsp3) is 0.444. The van der Waals surface area contributed by atoms with Crippen LogP contribution in [0.4, 0.5) is 18.0 Å². The van der Waals surface area contributed by atoms with Crippen LogP contribution in [0.3, 0.4) is 0 Å². The molecule has 2 aromatic carbocycles. The summed E-state index contributed by atoms with van der Waals surface area (Å²) < 4.78 is 50.1. The molecule has 0 spiro atoms. The number of likely N-dealkylation sites (tertiary alicyclic amines) is 2. The molecule has 204 valence electrons. The maximum atomic E-state index is 13.1. The van der Waals surface area contributed by atoms with E-state index in [-0.39, 0.29) is 51.9 Å². The average Bonchev–Trinajstić information content (AvgIpc) is 3.39. The third-order valence-corrected chi connectivity index (χ3v) is 6.90. The Hall–Kier alpha value is -3.60. The summed E-state index contributed by atoms with van der Waals surface area (Å²) in [5.41, 5.74) is -0.0620. The molecule has 0 aromatic heterocycles. The van der Waals surface area contributed by atoms with Gasteiger partial charge in [-0.2, -0.15) is 13.2 Å². The second-order valence-corrected chi connectivity index (χ2v) is 9.58. The number of rotatable bonds is 6. The van der Waals surface area contributed by atoms with Gasteiger partial charge in [0.1, 0.15) is 24.4 Å². The minimum atomic E-state index is -5.12. The first-order valence-corrected chi connectivity index (χ1v) is 12.4. The summed E-state index contributed by atoms with van der Waals surface area (Å²) in [6, 6.07) is 16.6. The highest BCUT2D eigenvalue weighted by molar-refractivity contribution is 5.88. The second kappa shape index (κ2) is 11.4. The van der Waals surface area contributed by atoms with Gasteiger partial charge in [-0.25, -0.2) is 9.59 Å². The number of carbonyl (C=O) groups is 3. The lowest BCUT2D eigenvalue weighted by molar-refractivity contribution is -0.193. The number of aliphatic hydroxyl groups is 1. The quantitative estimate of drug-likeness (QED) is 0.571. The number of carbonyl (C=O) groups excluding carboxylic acids is 3. The summed E-state index contributed by atoms with van der Waals surface area (Å²) in [6.07, 6.45) is -6.71. The molecule has 2 aliphatic rings. The molecule has 2 aromatic rings. The van der Waals surface area contributed by atoms with Crippen molar-refractivity contribution < 1.29 is 42.1 Å². The number of esters is 1. The van der Waals surface area contributed by atoms with Gasteiger partial charge in [0, 0.05) is 19.5 Å². The number of nitrogens with zero attached hydrogens (tertiary/aromatic N) is 2. The van der Waals surface area contributed by atoms with Gasteiger partial charge in [0.2, 0.25) is 0 Å². The van der Waals surface area contributed by atoms with Crippen LogP contribution in [-0.2, 0) is 32.1 Å². The minimum absolute atomic E-state index is 0.00726. The topological polar surface area (TPSA) is 96.4 Å². The van der Waals surface area contributed by atoms with Gasteiger partial charge in [-0.3, -0.25) is 4.79 Å². The zero-order valence-corrected chi connectivity index (χ0v) is 20.6. The Morgan fingerprint density at radius 1 is 0.974 bits per heavy atom. The summed E-state index contributed by atoms with van der Waals surface area (Å²) >= 11 is 0. The lowest BCUT2D eigenvalue weighted by atomic mass is 9.83. The third-order valence-electron chi connectivity index (χ3n) is 6.90. The van der Waals surface area contributed by atoms with E-state index in [4.69, 9.17) is 9.47 Å². The van der Waals surface area contributed by atoms with Crippen LogP contribution in [0, 0.1) is 0 Å². The van der Waals surface area contributed by atoms with Gasteiger partial charge in [-0.1, -0.05) is 60.7 Å². The molecule has 3 atom stereocenters. The summed E-state index contributed by atoms with van der Waals surface area (Å²) in [5.74, 6) is -3.15. The highest BCUT2D eigenvalue weighted by Crippen LogP contribution is 2.32. The predicted molar refractivity (Wildman–Crippen MR) is 129 cm³/mol. The Labute approximate surface area is 217 Å². The van der Waals surface area contributed by atoms with Crippen molar-refractivity contribution in [1.82, 2.24) is 9.80 Å². The van der Waals surface area contributed by atoms with Crippen LogP contribution in [0.2, 0.25) is 0 Å². The molecule has 2 amide bonds. The molecule has 2 fully saturated rings. The first-order valence-electron chi connectivity index (χ1n) is 12.4. The molecule has 4 rings (SSSR count). The zero-order chi connectivity index (χ0) is 27.3. The van der Waals surface area contributed by atoms with Gasteiger partial charge in [0.15, 0.2) is 0 Å². The molecule has 2 aliphatic heterocycles. The van der Waals surface area contributed by atoms with Crippen molar-refractivity contribution in [2.75, 3.05) is 19.6 Å². The molecule has 38 heavy (non-hydrogen) atoms. The summed E-state index contributed by atoms with van der Waals surface area (Å²) in [5, 5.41) is 11.6. The van der Waals surface area contributed by atoms with Gasteiger partial charge in [-0.15, -0.1) is 0 Å². The van der Waals surface area contributed by atoms with Crippen LogP contribution in [0.1, 0.15) is 30.4 Å². The fourth-order valence-electron chi connectivity index (χ4n) is 4.86. The number of halogens is 3. The lowest BCUT2D eigenvalue weighted by Gasteiger charge is -2.44. The predicted octanol–water partition coefficient (Wildman–Crippen LogP) is 3.47. The lowest BCUT2D eigenvalue weighted by Crippen LogP contribution is -2.60. The molecule has 0 aliphatic carbocycles. The first kappa shape index (κ1) is 27.4. The molecule has 0 bridgehead atoms. The largest absolute Gasteiger partial charge is 0.471 e. The van der Waals surface area contributed by atoms with Gasteiger partial charge < -0.3 is 24.4 Å². The second-order valence-electron chi connectivity index (χ2n) is 9.58. The van der Waals surface area contributed by atoms with Crippen molar-refractivity contribution >= 4 is 18.0 Å². The molecule has 2 heterocycles. The first-order chi connectivity index (χ1) is 18.1. The van der Waals surface area contributed by atoms with Gasteiger partial charge in [0.05, 0.1) is 6.54 Å². The van der Waals surface area contributed by atoms with E-state index in [9.17, 15) is 32.7 Å². The SMILES string of the molecule is O=C(O[C@@H]1CN(C(=O)OCc2ccccc2)CC[C@]1(O)Cc1ccccc1)[C@@H]1CCCN1C(=O)C(F)(F)F. The van der Waals surface area contributed by atoms with Crippen molar-refractivity contribution in [2.45, 2.75) is 56.2 Å². The van der Waals surface area contributed by atoms with E-state index in [0.29, 0.717) is 4.90 Å². The van der Waals surface area contributed by atoms with Crippen molar-refractivity contribution in [3.05, 3.63) is 71.8 Å². The van der Waals surface area contributed by atoms with Crippen LogP contribution in [0.5, 0.6) is 0 Å². The van der Waals surface area contributed by atoms with E-state index in [1.165, 1.54) is 4.90 Å². The number of piperidine rings is 1. The molecule has 0 radical (unpaired) electrons. The van der Waals surface area contributed by atoms with Gasteiger partial charge >= 0.3 is 24.1 Å². The Morgan fingerprint density at radius 3 is 2.24 bits per heavy atom. The Morgan fingerprint density at radius 2 is 1.61 bits per heavy atom. The van der Waals surface area contributed by atoms with E-state index in [0.717, 1.165) is 11.1 Å². The molecule has 8 nitrogen and oxygen atoms in total. The number of ether oxygens (including phenoxy) is 2. The highest BCUT2D eigenvalue weighted by atomic mass is 19.4. The normalized spacial score (nSPS) is 23.7. The average molecular weight is 535 g/mol. The highest BCUT2D eigenvalue weighted by Gasteiger charge is 2.50. The Balaban J connectivity index is 1.49. The molecule has 0 unspecified atom stereocenters. The van der Waals surface area contributed by atoms with Crippen LogP contribution < -0.4 is 0 Å². The number of benzene rings is 2. The van der Waals surface area contributed by atoms with Crippen molar-refractivity contribution in [3.63, 3.8) is 0 Å². The van der Waals surface area contributed by atoms with Crippen molar-refractivity contribution in [1.29, 1.82) is 0 Å². The van der Waals surface area contributed by atoms with Gasteiger partial charge in [0.25, 0.3) is 0 Å². The van der Waals surface area contributed by atoms with E-state index < -0.39 is 41.9 Å². The fourth-order valence-corrected chi connectivity index (χ4v) is 4.86. The van der Waals surface area contributed by atoms with Gasteiger partial charge in [-0.05, 0) is 30.4 Å². The van der Waals surface area contributed by atoms with E-state index in [1.807, 2.05) is 12.1 Å². The molecular weight excluding hydrogens is 505 g/mol. The van der Waals surface area contributed by atoms with E-state index in [2.05, 4.69) is 0 Å². The smallest absolute Gasteiger partial charge is 0.456 e. The summed E-state index contributed by atoms with van der Waals surface area (Å²) in [4.78, 5) is 39.4. The molecule has 1 N–H and O–H groups in total. The van der Waals surface area contributed by atoms with Crippen molar-refractivity contribution in [3.8, 4) is 0 Å². The number of hydrogen-bond donors (Lipinski definition) is 1. The maximum absolute atomic E-state index is 13.1. The standard InChI is InChI=1S/C27H29F3N2O6/c28-27(29,30)24(34)32-14-7-12-21(32)23(33)38-22-17-31(25(35)37-18-20-10-5-2-6-11-20)15-13-26(22,36)16-19-8-3-1-4-9-19/h1-6,8-11,21-22,36H,7,12-18H2/t21-,22+,26-/m0/s1. The van der Waals surface area contributed by atoms with E-state index in [1.54, 1.807) is 48.5 Å². The zero-order valence-electron chi connectivity index (χ0n) is 20.6. The molecule has 0 saturated carbocycles. The van der Waals surface area contributed by atoms with Crippen molar-refractivity contribution in [2.24, 2.45) is 0 Å². The van der Waals surface area contributed by atoms with E-state index >= 15 is 0 Å². The molecular formula is C27H29F3N2O6. The summed E-state index contributed by atoms with van der Waals surface area (Å²) in [6.45, 7) is -0.309. The Bertz CT molecular complexity index is 1130. The van der Waals surface area contributed by atoms with Crippen LogP contribution in [-0.4, -0.2) is 76.4 Å². The number of amides is 2. The monoisotopic (exact) mass is 534 g/mol. The molecule has 2 saturated heterocycles. The van der Waals surface area contributed by atoms with Crippen LogP contribution in [0.15, 0.2) is 60.7 Å². The minimum Gasteiger partial charge on any atom is -0.456 e. The third kappa shape index (κ3) is 6.45. The Kier molecular flexibility index (Phi) is 8.25. The number of hydrogen-bond acceptors (Lipinski definition) is 6. The van der Waals surface area contributed by atoms with Crippen LogP contribution >= 0.6 is 0 Å². The van der Waals surface area contributed by atoms with Crippen LogP contribution in [0.25, 0.3) is 0 Å².